The van der Waals surface area contributed by atoms with Crippen molar-refractivity contribution in [1.29, 1.82) is 0 Å². The van der Waals surface area contributed by atoms with Crippen molar-refractivity contribution in [1.82, 2.24) is 14.1 Å². The fraction of sp³-hybridized carbons (Fsp3) is 0.727. The molecule has 1 aliphatic heterocycles. The molecule has 0 unspecified atom stereocenters. The maximum Gasteiger partial charge on any atom is 0.211 e. The molecule has 6 nitrogen and oxygen atoms in total. The highest BCUT2D eigenvalue weighted by Gasteiger charge is 2.26. The number of rotatable bonds is 3. The fourth-order valence-electron chi connectivity index (χ4n) is 2.47. The van der Waals surface area contributed by atoms with Crippen LogP contribution in [0.25, 0.3) is 0 Å². The highest BCUT2D eigenvalue weighted by molar-refractivity contribution is 9.08. The van der Waals surface area contributed by atoms with Crippen LogP contribution in [0.1, 0.15) is 11.3 Å². The predicted octanol–water partition coefficient (Wildman–Crippen LogP) is 0.705. The van der Waals surface area contributed by atoms with Gasteiger partial charge in [-0.25, -0.2) is 8.42 Å². The Morgan fingerprint density at radius 1 is 1.26 bits per heavy atom. The van der Waals surface area contributed by atoms with E-state index in [4.69, 9.17) is 0 Å². The molecule has 2 heterocycles. The van der Waals surface area contributed by atoms with Crippen molar-refractivity contribution in [3.63, 3.8) is 0 Å². The molecule has 0 atom stereocenters. The molecule has 0 aliphatic carbocycles. The molecule has 8 heteroatoms. The highest BCUT2D eigenvalue weighted by Crippen LogP contribution is 2.26. The van der Waals surface area contributed by atoms with Crippen molar-refractivity contribution >= 4 is 31.8 Å². The van der Waals surface area contributed by atoms with Gasteiger partial charge in [-0.3, -0.25) is 4.68 Å². The van der Waals surface area contributed by atoms with Gasteiger partial charge in [0.1, 0.15) is 5.82 Å². The molecule has 2 rings (SSSR count). The van der Waals surface area contributed by atoms with Crippen molar-refractivity contribution in [3.05, 3.63) is 11.3 Å². The number of hydrogen-bond donors (Lipinski definition) is 0. The molecular formula is C11H19BrN4O2S. The summed E-state index contributed by atoms with van der Waals surface area (Å²) in [5, 5.41) is 5.20. The molecule has 0 amide bonds. The van der Waals surface area contributed by atoms with Crippen molar-refractivity contribution in [2.24, 2.45) is 7.05 Å². The topological polar surface area (TPSA) is 58.4 Å². The molecule has 1 fully saturated rings. The van der Waals surface area contributed by atoms with Crippen LogP contribution >= 0.6 is 15.9 Å². The maximum absolute atomic E-state index is 11.5. The molecule has 19 heavy (non-hydrogen) atoms. The number of anilines is 1. The molecule has 0 spiro atoms. The number of hydrogen-bond acceptors (Lipinski definition) is 4. The molecule has 1 aromatic heterocycles. The molecule has 108 valence electrons. The first kappa shape index (κ1) is 14.8. The molecule has 1 saturated heterocycles. The zero-order valence-corrected chi connectivity index (χ0v) is 13.8. The Morgan fingerprint density at radius 2 is 1.84 bits per heavy atom. The lowest BCUT2D eigenvalue weighted by molar-refractivity contribution is 0.385. The van der Waals surface area contributed by atoms with E-state index in [1.165, 1.54) is 16.1 Å². The van der Waals surface area contributed by atoms with Gasteiger partial charge in [0, 0.05) is 44.1 Å². The molecule has 0 saturated carbocycles. The van der Waals surface area contributed by atoms with Gasteiger partial charge in [0.15, 0.2) is 0 Å². The summed E-state index contributed by atoms with van der Waals surface area (Å²) in [6.07, 6.45) is 1.26. The summed E-state index contributed by atoms with van der Waals surface area (Å²) in [7, 11) is -1.15. The van der Waals surface area contributed by atoms with Gasteiger partial charge < -0.3 is 4.90 Å². The Balaban J connectivity index is 2.18. The third-order valence-electron chi connectivity index (χ3n) is 3.45. The van der Waals surface area contributed by atoms with Crippen LogP contribution in [0.3, 0.4) is 0 Å². The molecule has 1 aromatic rings. The average Bonchev–Trinajstić information content (AvgIpc) is 2.62. The van der Waals surface area contributed by atoms with E-state index in [1.54, 1.807) is 0 Å². The van der Waals surface area contributed by atoms with Crippen LogP contribution in [-0.4, -0.2) is 54.9 Å². The Labute approximate surface area is 122 Å². The molecule has 0 bridgehead atoms. The Morgan fingerprint density at radius 3 is 2.32 bits per heavy atom. The summed E-state index contributed by atoms with van der Waals surface area (Å²) >= 11 is 3.50. The summed E-state index contributed by atoms with van der Waals surface area (Å²) in [4.78, 5) is 2.21. The summed E-state index contributed by atoms with van der Waals surface area (Å²) in [6, 6.07) is 0. The Hall–Kier alpha value is -0.600. The van der Waals surface area contributed by atoms with Gasteiger partial charge in [0.05, 0.1) is 11.9 Å². The molecule has 0 N–H and O–H groups in total. The first-order valence-corrected chi connectivity index (χ1v) is 9.10. The third kappa shape index (κ3) is 2.95. The number of piperazine rings is 1. The Kier molecular flexibility index (Phi) is 4.22. The second-order valence-electron chi connectivity index (χ2n) is 4.79. The predicted molar refractivity (Wildman–Crippen MR) is 79.2 cm³/mol. The normalized spacial score (nSPS) is 18.0. The van der Waals surface area contributed by atoms with Crippen molar-refractivity contribution in [2.75, 3.05) is 37.3 Å². The van der Waals surface area contributed by atoms with E-state index in [1.807, 2.05) is 18.7 Å². The summed E-state index contributed by atoms with van der Waals surface area (Å²) in [5.41, 5.74) is 2.19. The van der Waals surface area contributed by atoms with Crippen LogP contribution in [0.2, 0.25) is 0 Å². The maximum atomic E-state index is 11.5. The van der Waals surface area contributed by atoms with Crippen LogP contribution < -0.4 is 4.90 Å². The highest BCUT2D eigenvalue weighted by atomic mass is 79.9. The monoisotopic (exact) mass is 350 g/mol. The van der Waals surface area contributed by atoms with Gasteiger partial charge in [-0.2, -0.15) is 9.40 Å². The number of aromatic nitrogens is 2. The van der Waals surface area contributed by atoms with Crippen molar-refractivity contribution < 1.29 is 8.42 Å². The number of nitrogens with zero attached hydrogens (tertiary/aromatic N) is 4. The zero-order chi connectivity index (χ0) is 14.2. The van der Waals surface area contributed by atoms with E-state index < -0.39 is 10.0 Å². The summed E-state index contributed by atoms with van der Waals surface area (Å²) in [5.74, 6) is 1.09. The second kappa shape index (κ2) is 5.41. The van der Waals surface area contributed by atoms with Crippen LogP contribution in [0.5, 0.6) is 0 Å². The van der Waals surface area contributed by atoms with Crippen molar-refractivity contribution in [3.8, 4) is 0 Å². The second-order valence-corrected chi connectivity index (χ2v) is 7.34. The smallest absolute Gasteiger partial charge is 0.211 e. The quantitative estimate of drug-likeness (QED) is 0.753. The average molecular weight is 351 g/mol. The first-order valence-electron chi connectivity index (χ1n) is 6.13. The van der Waals surface area contributed by atoms with Gasteiger partial charge in [0.25, 0.3) is 0 Å². The van der Waals surface area contributed by atoms with E-state index in [0.717, 1.165) is 16.8 Å². The first-order chi connectivity index (χ1) is 8.84. The van der Waals surface area contributed by atoms with Gasteiger partial charge in [-0.15, -0.1) is 0 Å². The minimum Gasteiger partial charge on any atom is -0.354 e. The lowest BCUT2D eigenvalue weighted by Crippen LogP contribution is -2.49. The minimum atomic E-state index is -3.08. The van der Waals surface area contributed by atoms with E-state index >= 15 is 0 Å². The van der Waals surface area contributed by atoms with Gasteiger partial charge in [0.2, 0.25) is 10.0 Å². The largest absolute Gasteiger partial charge is 0.354 e. The van der Waals surface area contributed by atoms with Gasteiger partial charge >= 0.3 is 0 Å². The number of sulfonamides is 1. The molecule has 1 aliphatic rings. The number of halogens is 1. The summed E-state index contributed by atoms with van der Waals surface area (Å²) in [6.45, 7) is 4.46. The summed E-state index contributed by atoms with van der Waals surface area (Å²) < 4.78 is 26.4. The van der Waals surface area contributed by atoms with Crippen LogP contribution in [0, 0.1) is 6.92 Å². The van der Waals surface area contributed by atoms with Crippen LogP contribution in [0.4, 0.5) is 5.82 Å². The van der Waals surface area contributed by atoms with Crippen LogP contribution in [0.15, 0.2) is 0 Å². The van der Waals surface area contributed by atoms with Crippen molar-refractivity contribution in [2.45, 2.75) is 12.3 Å². The number of aryl methyl sites for hydroxylation is 2. The van der Waals surface area contributed by atoms with E-state index in [2.05, 4.69) is 25.9 Å². The molecule has 0 radical (unpaired) electrons. The fourth-order valence-corrected chi connectivity index (χ4v) is 3.96. The third-order valence-corrected chi connectivity index (χ3v) is 5.32. The minimum absolute atomic E-state index is 0.533. The van der Waals surface area contributed by atoms with E-state index in [9.17, 15) is 8.42 Å². The van der Waals surface area contributed by atoms with Crippen LogP contribution in [-0.2, 0) is 22.4 Å². The number of alkyl halides is 1. The van der Waals surface area contributed by atoms with E-state index in [-0.39, 0.29) is 0 Å². The lowest BCUT2D eigenvalue weighted by Gasteiger charge is -2.35. The lowest BCUT2D eigenvalue weighted by atomic mass is 10.2. The SMILES string of the molecule is Cc1nn(C)c(N2CCN(S(C)(=O)=O)CC2)c1CBr. The standard InChI is InChI=1S/C11H19BrN4O2S/c1-9-10(8-12)11(14(2)13-9)15-4-6-16(7-5-15)19(3,17)18/h4-8H2,1-3H3. The molecular weight excluding hydrogens is 332 g/mol. The Bertz CT molecular complexity index is 561. The van der Waals surface area contributed by atoms with Gasteiger partial charge in [-0.1, -0.05) is 15.9 Å². The molecule has 0 aromatic carbocycles. The van der Waals surface area contributed by atoms with Gasteiger partial charge in [-0.05, 0) is 6.92 Å². The van der Waals surface area contributed by atoms with E-state index in [0.29, 0.717) is 26.2 Å². The zero-order valence-electron chi connectivity index (χ0n) is 11.4.